The maximum atomic E-state index is 12.1. The van der Waals surface area contributed by atoms with Gasteiger partial charge in [-0.15, -0.1) is 0 Å². The summed E-state index contributed by atoms with van der Waals surface area (Å²) in [5, 5.41) is 2.99. The van der Waals surface area contributed by atoms with E-state index in [1.54, 1.807) is 0 Å². The second kappa shape index (κ2) is 5.30. The first kappa shape index (κ1) is 13.0. The van der Waals surface area contributed by atoms with Crippen LogP contribution in [-0.4, -0.2) is 32.5 Å². The zero-order chi connectivity index (χ0) is 11.5. The Labute approximate surface area is 93.6 Å². The first-order valence-corrected chi connectivity index (χ1v) is 7.57. The Morgan fingerprint density at radius 3 is 2.53 bits per heavy atom. The van der Waals surface area contributed by atoms with Crippen molar-refractivity contribution in [3.63, 3.8) is 0 Å². The number of hydrogen-bond acceptors (Lipinski definition) is 3. The molecule has 0 aromatic carbocycles. The van der Waals surface area contributed by atoms with Crippen molar-refractivity contribution in [1.29, 1.82) is 0 Å². The van der Waals surface area contributed by atoms with Crippen LogP contribution in [0.25, 0.3) is 0 Å². The van der Waals surface area contributed by atoms with Gasteiger partial charge in [0.05, 0.1) is 11.0 Å². The molecular weight excluding hydrogens is 210 g/mol. The molecule has 0 amide bonds. The highest BCUT2D eigenvalue weighted by atomic mass is 32.2. The van der Waals surface area contributed by atoms with Gasteiger partial charge in [-0.2, -0.15) is 0 Å². The molecule has 0 bridgehead atoms. The molecule has 1 aliphatic rings. The summed E-state index contributed by atoms with van der Waals surface area (Å²) in [4.78, 5) is 0. The van der Waals surface area contributed by atoms with Crippen LogP contribution in [0.1, 0.15) is 39.5 Å². The molecule has 0 aromatic heterocycles. The number of nitrogens with one attached hydrogen (secondary N) is 1. The molecule has 1 aliphatic carbocycles. The molecule has 0 aliphatic heterocycles. The minimum atomic E-state index is -2.88. The molecule has 90 valence electrons. The van der Waals surface area contributed by atoms with Gasteiger partial charge in [0.1, 0.15) is 0 Å². The second-order valence-electron chi connectivity index (χ2n) is 4.91. The zero-order valence-electron chi connectivity index (χ0n) is 9.99. The van der Waals surface area contributed by atoms with Gasteiger partial charge in [0, 0.05) is 6.04 Å². The summed E-state index contributed by atoms with van der Waals surface area (Å²) in [5.74, 6) is 0.822. The van der Waals surface area contributed by atoms with Crippen LogP contribution >= 0.6 is 0 Å². The molecule has 0 aromatic rings. The fourth-order valence-electron chi connectivity index (χ4n) is 2.24. The molecular formula is C11H23NO2S. The van der Waals surface area contributed by atoms with Gasteiger partial charge < -0.3 is 5.32 Å². The highest BCUT2D eigenvalue weighted by molar-refractivity contribution is 7.92. The summed E-state index contributed by atoms with van der Waals surface area (Å²) in [6, 6.07) is 0.183. The molecule has 0 saturated heterocycles. The van der Waals surface area contributed by atoms with Crippen LogP contribution in [0, 0.1) is 5.92 Å². The third-order valence-corrected chi connectivity index (χ3v) is 5.56. The van der Waals surface area contributed by atoms with Crippen LogP contribution in [0.4, 0.5) is 0 Å². The molecule has 3 nitrogen and oxygen atoms in total. The van der Waals surface area contributed by atoms with E-state index in [0.717, 1.165) is 25.7 Å². The second-order valence-corrected chi connectivity index (χ2v) is 7.25. The van der Waals surface area contributed by atoms with Crippen molar-refractivity contribution in [3.05, 3.63) is 0 Å². The molecule has 1 rings (SSSR count). The van der Waals surface area contributed by atoms with Gasteiger partial charge in [0.15, 0.2) is 9.84 Å². The smallest absolute Gasteiger partial charge is 0.154 e. The topological polar surface area (TPSA) is 46.2 Å². The van der Waals surface area contributed by atoms with Gasteiger partial charge in [0.25, 0.3) is 0 Å². The Hall–Kier alpha value is -0.0900. The summed E-state index contributed by atoms with van der Waals surface area (Å²) < 4.78 is 24.1. The minimum absolute atomic E-state index is 0.138. The number of hydrogen-bond donors (Lipinski definition) is 1. The van der Waals surface area contributed by atoms with Crippen molar-refractivity contribution >= 4 is 9.84 Å². The largest absolute Gasteiger partial charge is 0.316 e. The normalized spacial score (nSPS) is 27.5. The van der Waals surface area contributed by atoms with Gasteiger partial charge in [-0.05, 0) is 32.2 Å². The van der Waals surface area contributed by atoms with Gasteiger partial charge in [-0.25, -0.2) is 8.42 Å². The quantitative estimate of drug-likeness (QED) is 0.784. The van der Waals surface area contributed by atoms with E-state index >= 15 is 0 Å². The van der Waals surface area contributed by atoms with Gasteiger partial charge in [-0.1, -0.05) is 20.3 Å². The number of rotatable bonds is 5. The zero-order valence-corrected chi connectivity index (χ0v) is 10.8. The maximum absolute atomic E-state index is 12.1. The van der Waals surface area contributed by atoms with E-state index in [-0.39, 0.29) is 11.3 Å². The van der Waals surface area contributed by atoms with Crippen LogP contribution < -0.4 is 5.32 Å². The van der Waals surface area contributed by atoms with Gasteiger partial charge in [0.2, 0.25) is 0 Å². The molecule has 0 heterocycles. The van der Waals surface area contributed by atoms with Gasteiger partial charge in [-0.3, -0.25) is 0 Å². The van der Waals surface area contributed by atoms with E-state index < -0.39 is 9.84 Å². The predicted octanol–water partition coefficient (Wildman–Crippen LogP) is 1.59. The molecule has 1 N–H and O–H groups in total. The van der Waals surface area contributed by atoms with Crippen molar-refractivity contribution < 1.29 is 8.42 Å². The Morgan fingerprint density at radius 2 is 2.00 bits per heavy atom. The summed E-state index contributed by atoms with van der Waals surface area (Å²) in [6.07, 6.45) is 3.67. The van der Waals surface area contributed by atoms with Crippen LogP contribution in [0.3, 0.4) is 0 Å². The van der Waals surface area contributed by atoms with Gasteiger partial charge >= 0.3 is 0 Å². The summed E-state index contributed by atoms with van der Waals surface area (Å²) in [7, 11) is -1.02. The lowest BCUT2D eigenvalue weighted by Crippen LogP contribution is -2.39. The lowest BCUT2D eigenvalue weighted by Gasteiger charge is -2.19. The Balaban J connectivity index is 2.60. The van der Waals surface area contributed by atoms with Crippen LogP contribution in [0.15, 0.2) is 0 Å². The van der Waals surface area contributed by atoms with E-state index in [2.05, 4.69) is 19.2 Å². The summed E-state index contributed by atoms with van der Waals surface area (Å²) in [5.41, 5.74) is 0. The lowest BCUT2D eigenvalue weighted by atomic mass is 10.2. The summed E-state index contributed by atoms with van der Waals surface area (Å²) >= 11 is 0. The molecule has 15 heavy (non-hydrogen) atoms. The fourth-order valence-corrected chi connectivity index (χ4v) is 4.64. The average Bonchev–Trinajstić information content (AvgIpc) is 2.63. The summed E-state index contributed by atoms with van der Waals surface area (Å²) in [6.45, 7) is 4.14. The Bertz CT molecular complexity index is 285. The average molecular weight is 233 g/mol. The predicted molar refractivity (Wildman–Crippen MR) is 63.7 cm³/mol. The maximum Gasteiger partial charge on any atom is 0.154 e. The third-order valence-electron chi connectivity index (χ3n) is 3.26. The first-order chi connectivity index (χ1) is 6.97. The first-order valence-electron chi connectivity index (χ1n) is 5.86. The van der Waals surface area contributed by atoms with Crippen LogP contribution in [0.5, 0.6) is 0 Å². The van der Waals surface area contributed by atoms with Crippen molar-refractivity contribution in [2.45, 2.75) is 50.8 Å². The van der Waals surface area contributed by atoms with Crippen LogP contribution in [-0.2, 0) is 9.84 Å². The van der Waals surface area contributed by atoms with Crippen molar-refractivity contribution in [2.75, 3.05) is 12.8 Å². The standard InChI is InChI=1S/C11H23NO2S/c1-9(2)7-8-15(13,14)11-6-4-5-10(11)12-3/h9-12H,4-8H2,1-3H3. The number of sulfone groups is 1. The molecule has 2 unspecified atom stereocenters. The van der Waals surface area contributed by atoms with Crippen molar-refractivity contribution in [3.8, 4) is 0 Å². The SMILES string of the molecule is CNC1CCCC1S(=O)(=O)CCC(C)C. The van der Waals surface area contributed by atoms with Crippen molar-refractivity contribution in [2.24, 2.45) is 5.92 Å². The molecule has 2 atom stereocenters. The fraction of sp³-hybridized carbons (Fsp3) is 1.00. The Kier molecular flexibility index (Phi) is 4.59. The van der Waals surface area contributed by atoms with Crippen molar-refractivity contribution in [1.82, 2.24) is 5.32 Å². The Morgan fingerprint density at radius 1 is 1.33 bits per heavy atom. The third kappa shape index (κ3) is 3.45. The van der Waals surface area contributed by atoms with E-state index in [1.165, 1.54) is 0 Å². The van der Waals surface area contributed by atoms with Crippen LogP contribution in [0.2, 0.25) is 0 Å². The van der Waals surface area contributed by atoms with E-state index in [0.29, 0.717) is 11.7 Å². The highest BCUT2D eigenvalue weighted by Crippen LogP contribution is 2.26. The van der Waals surface area contributed by atoms with E-state index in [1.807, 2.05) is 7.05 Å². The molecule has 0 radical (unpaired) electrons. The molecule has 1 fully saturated rings. The lowest BCUT2D eigenvalue weighted by molar-refractivity contribution is 0.528. The highest BCUT2D eigenvalue weighted by Gasteiger charge is 2.35. The molecule has 4 heteroatoms. The molecule has 1 saturated carbocycles. The van der Waals surface area contributed by atoms with E-state index in [9.17, 15) is 8.42 Å². The van der Waals surface area contributed by atoms with E-state index in [4.69, 9.17) is 0 Å². The minimum Gasteiger partial charge on any atom is -0.316 e. The monoisotopic (exact) mass is 233 g/mol. The molecule has 0 spiro atoms.